The normalized spacial score (nSPS) is 25.4. The van der Waals surface area contributed by atoms with Gasteiger partial charge in [-0.25, -0.2) is 4.98 Å². The Morgan fingerprint density at radius 1 is 1.48 bits per heavy atom. The van der Waals surface area contributed by atoms with Gasteiger partial charge in [0.25, 0.3) is 0 Å². The van der Waals surface area contributed by atoms with E-state index in [1.807, 2.05) is 30.7 Å². The zero-order chi connectivity index (χ0) is 18.9. The standard InChI is InChI=1S/C17H19N3O4S2.Na/c1-6-10(9-5-19-8(3)18-14(25-4)16(19)26-9)13(17(23)24)20-12(6)11(7(2)21)15(20)22;/h5-7,11-12,21H,1-4H3,(H,23,24);/q;+1/p-1/t6-,7+,11+,12+;/m0./s1. The van der Waals surface area contributed by atoms with Gasteiger partial charge < -0.3 is 19.9 Å². The van der Waals surface area contributed by atoms with Gasteiger partial charge in [-0.1, -0.05) is 6.92 Å². The molecule has 1 saturated heterocycles. The Hall–Kier alpha value is -0.840. The first-order valence-corrected chi connectivity index (χ1v) is 10.3. The zero-order valence-electron chi connectivity index (χ0n) is 15.7. The van der Waals surface area contributed by atoms with Crippen LogP contribution in [0.2, 0.25) is 0 Å². The number of carbonyl (C=O) groups excluding carboxylic acids is 2. The maximum Gasteiger partial charge on any atom is 1.00 e. The molecule has 10 heteroatoms. The molecular weight excluding hydrogens is 397 g/mol. The number of nitrogens with zero attached hydrogens (tertiary/aromatic N) is 3. The molecule has 27 heavy (non-hydrogen) atoms. The molecule has 1 N–H and O–H groups in total. The van der Waals surface area contributed by atoms with E-state index in [0.29, 0.717) is 5.57 Å². The molecule has 2 aliphatic rings. The van der Waals surface area contributed by atoms with E-state index in [1.54, 1.807) is 6.92 Å². The van der Waals surface area contributed by atoms with Crippen LogP contribution in [0.15, 0.2) is 16.9 Å². The summed E-state index contributed by atoms with van der Waals surface area (Å²) in [7, 11) is 0. The van der Waals surface area contributed by atoms with Crippen LogP contribution in [0.3, 0.4) is 0 Å². The number of aliphatic hydroxyl groups is 1. The van der Waals surface area contributed by atoms with Crippen molar-refractivity contribution in [2.45, 2.75) is 37.9 Å². The van der Waals surface area contributed by atoms with Crippen LogP contribution >= 0.6 is 23.1 Å². The van der Waals surface area contributed by atoms with Crippen molar-refractivity contribution in [2.24, 2.45) is 11.8 Å². The SMILES string of the molecule is CSc1nc(C)n2cc(C3=C(C(=O)[O-])N4C(=O)[C@H]([C@@H](C)O)[C@H]4[C@H]3C)sc12.[Na+]. The van der Waals surface area contributed by atoms with E-state index < -0.39 is 18.0 Å². The smallest absolute Gasteiger partial charge is 0.543 e. The van der Waals surface area contributed by atoms with Crippen molar-refractivity contribution >= 4 is 45.4 Å². The molecule has 1 amide bonds. The molecule has 4 rings (SSSR count). The predicted octanol–water partition coefficient (Wildman–Crippen LogP) is -2.25. The molecule has 0 radical (unpaired) electrons. The van der Waals surface area contributed by atoms with Gasteiger partial charge in [-0.05, 0) is 20.1 Å². The molecule has 0 aliphatic carbocycles. The average Bonchev–Trinajstić information content (AvgIpc) is 3.17. The number of carboxylic acids is 1. The third kappa shape index (κ3) is 2.82. The number of thioether (sulfide) groups is 1. The molecule has 4 heterocycles. The number of rotatable bonds is 4. The molecule has 0 aromatic carbocycles. The summed E-state index contributed by atoms with van der Waals surface area (Å²) in [6.07, 6.45) is 3.01. The molecule has 138 valence electrons. The van der Waals surface area contributed by atoms with Crippen molar-refractivity contribution in [3.05, 3.63) is 22.6 Å². The van der Waals surface area contributed by atoms with Crippen molar-refractivity contribution in [3.63, 3.8) is 0 Å². The van der Waals surface area contributed by atoms with E-state index in [9.17, 15) is 19.8 Å². The number of aliphatic hydroxyl groups excluding tert-OH is 1. The fourth-order valence-corrected chi connectivity index (χ4v) is 6.18. The van der Waals surface area contributed by atoms with Crippen molar-refractivity contribution < 1.29 is 49.4 Å². The van der Waals surface area contributed by atoms with Gasteiger partial charge in [0.05, 0.1) is 34.6 Å². The van der Waals surface area contributed by atoms with E-state index in [-0.39, 0.29) is 53.1 Å². The van der Waals surface area contributed by atoms with Crippen molar-refractivity contribution in [2.75, 3.05) is 6.26 Å². The predicted molar refractivity (Wildman–Crippen MR) is 96.5 cm³/mol. The molecule has 0 saturated carbocycles. The molecule has 7 nitrogen and oxygen atoms in total. The number of carboxylic acid groups (broad SMARTS) is 1. The molecule has 0 spiro atoms. The number of aryl methyl sites for hydroxylation is 1. The van der Waals surface area contributed by atoms with Crippen molar-refractivity contribution in [1.29, 1.82) is 0 Å². The number of carbonyl (C=O) groups is 2. The van der Waals surface area contributed by atoms with Crippen LogP contribution < -0.4 is 34.7 Å². The Morgan fingerprint density at radius 2 is 2.15 bits per heavy atom. The quantitative estimate of drug-likeness (QED) is 0.344. The molecule has 2 aromatic heterocycles. The number of hydrogen-bond acceptors (Lipinski definition) is 7. The second-order valence-electron chi connectivity index (χ2n) is 6.74. The largest absolute Gasteiger partial charge is 1.00 e. The van der Waals surface area contributed by atoms with E-state index in [4.69, 9.17) is 0 Å². The van der Waals surface area contributed by atoms with Gasteiger partial charge in [-0.15, -0.1) is 23.1 Å². The first kappa shape index (κ1) is 20.9. The summed E-state index contributed by atoms with van der Waals surface area (Å²) >= 11 is 3.00. The second-order valence-corrected chi connectivity index (χ2v) is 8.57. The first-order valence-electron chi connectivity index (χ1n) is 8.27. The minimum atomic E-state index is -1.36. The molecule has 1 fully saturated rings. The number of thiazole rings is 1. The van der Waals surface area contributed by atoms with Crippen LogP contribution in [0, 0.1) is 18.8 Å². The minimum Gasteiger partial charge on any atom is -0.543 e. The summed E-state index contributed by atoms with van der Waals surface area (Å²) in [6.45, 7) is 5.37. The van der Waals surface area contributed by atoms with E-state index in [2.05, 4.69) is 4.98 Å². The summed E-state index contributed by atoms with van der Waals surface area (Å²) in [6, 6.07) is -0.342. The summed E-state index contributed by atoms with van der Waals surface area (Å²) in [5.41, 5.74) is 0.539. The van der Waals surface area contributed by atoms with Crippen LogP contribution in [0.25, 0.3) is 10.4 Å². The number of hydrogen-bond donors (Lipinski definition) is 1. The molecular formula is C17H18N3NaO4S2. The van der Waals surface area contributed by atoms with Gasteiger partial charge in [0.1, 0.15) is 15.7 Å². The summed E-state index contributed by atoms with van der Waals surface area (Å²) in [4.78, 5) is 31.8. The number of amides is 1. The monoisotopic (exact) mass is 415 g/mol. The number of fused-ring (bicyclic) bond motifs is 2. The van der Waals surface area contributed by atoms with Crippen LogP contribution in [-0.2, 0) is 9.59 Å². The van der Waals surface area contributed by atoms with Crippen molar-refractivity contribution in [3.8, 4) is 0 Å². The minimum absolute atomic E-state index is 0. The fraction of sp³-hybridized carbons (Fsp3) is 0.471. The van der Waals surface area contributed by atoms with Crippen LogP contribution in [0.1, 0.15) is 24.5 Å². The molecule has 4 atom stereocenters. The van der Waals surface area contributed by atoms with Crippen molar-refractivity contribution in [1.82, 2.24) is 14.3 Å². The third-order valence-electron chi connectivity index (χ3n) is 5.29. The molecule has 0 unspecified atom stereocenters. The number of aromatic nitrogens is 2. The Balaban J connectivity index is 0.00000210. The van der Waals surface area contributed by atoms with Gasteiger partial charge in [-0.3, -0.25) is 9.20 Å². The van der Waals surface area contributed by atoms with Gasteiger partial charge >= 0.3 is 29.6 Å². The average molecular weight is 415 g/mol. The second kappa shape index (κ2) is 7.20. The fourth-order valence-electron chi connectivity index (χ4n) is 4.13. The van der Waals surface area contributed by atoms with Gasteiger partial charge in [-0.2, -0.15) is 0 Å². The van der Waals surface area contributed by atoms with Crippen LogP contribution in [0.4, 0.5) is 0 Å². The summed E-state index contributed by atoms with van der Waals surface area (Å²) < 4.78 is 1.95. The number of aliphatic carboxylic acids is 1. The maximum absolute atomic E-state index is 12.4. The van der Waals surface area contributed by atoms with E-state index in [1.165, 1.54) is 28.0 Å². The van der Waals surface area contributed by atoms with E-state index >= 15 is 0 Å². The molecule has 0 bridgehead atoms. The Kier molecular flexibility index (Phi) is 5.57. The zero-order valence-corrected chi connectivity index (χ0v) is 19.3. The van der Waals surface area contributed by atoms with Crippen LogP contribution in [0.5, 0.6) is 0 Å². The van der Waals surface area contributed by atoms with Gasteiger partial charge in [0, 0.05) is 17.7 Å². The van der Waals surface area contributed by atoms with Gasteiger partial charge in [0.15, 0.2) is 0 Å². The number of β-lactam (4-membered cyclic amide) rings is 1. The Bertz CT molecular complexity index is 980. The van der Waals surface area contributed by atoms with Crippen LogP contribution in [-0.4, -0.2) is 49.7 Å². The first-order chi connectivity index (χ1) is 12.3. The van der Waals surface area contributed by atoms with E-state index in [0.717, 1.165) is 20.6 Å². The van der Waals surface area contributed by atoms with Gasteiger partial charge in [0.2, 0.25) is 5.91 Å². The molecule has 2 aliphatic heterocycles. The maximum atomic E-state index is 12.4. The Morgan fingerprint density at radius 3 is 2.70 bits per heavy atom. The third-order valence-corrected chi connectivity index (χ3v) is 7.22. The summed E-state index contributed by atoms with van der Waals surface area (Å²) in [5, 5.41) is 22.7. The molecule has 2 aromatic rings. The Labute approximate surface area is 186 Å². The summed E-state index contributed by atoms with van der Waals surface area (Å²) in [5.74, 6) is -1.65. The topological polar surface area (TPSA) is 98.0 Å². The number of imidazole rings is 1.